The summed E-state index contributed by atoms with van der Waals surface area (Å²) in [7, 11) is 0. The molecule has 0 aliphatic carbocycles. The maximum absolute atomic E-state index is 13.2. The molecule has 1 aliphatic heterocycles. The summed E-state index contributed by atoms with van der Waals surface area (Å²) in [4.78, 5) is 15.8. The number of amides is 1. The molecule has 0 radical (unpaired) electrons. The van der Waals surface area contributed by atoms with E-state index in [4.69, 9.17) is 4.52 Å². The van der Waals surface area contributed by atoms with Crippen molar-refractivity contribution >= 4 is 11.6 Å². The second-order valence-corrected chi connectivity index (χ2v) is 4.27. The molecule has 0 bridgehead atoms. The number of aryl methyl sites for hydroxylation is 1. The summed E-state index contributed by atoms with van der Waals surface area (Å²) >= 11 is 0. The predicted molar refractivity (Wildman–Crippen MR) is 63.6 cm³/mol. The van der Waals surface area contributed by atoms with Gasteiger partial charge in [-0.05, 0) is 25.1 Å². The van der Waals surface area contributed by atoms with E-state index in [-0.39, 0.29) is 18.3 Å². The zero-order chi connectivity index (χ0) is 13.4. The topological polar surface area (TPSA) is 80.0 Å². The number of hydrogen-bond acceptors (Lipinski definition) is 5. The molecule has 0 fully saturated rings. The van der Waals surface area contributed by atoms with Crippen molar-refractivity contribution in [2.24, 2.45) is 0 Å². The van der Waals surface area contributed by atoms with Gasteiger partial charge in [0.1, 0.15) is 11.9 Å². The monoisotopic (exact) mass is 262 g/mol. The van der Waals surface area contributed by atoms with E-state index in [0.717, 1.165) is 0 Å². The summed E-state index contributed by atoms with van der Waals surface area (Å²) in [5.74, 6) is 0.307. The summed E-state index contributed by atoms with van der Waals surface area (Å²) in [5.41, 5.74) is 1.20. The molecule has 2 aromatic rings. The summed E-state index contributed by atoms with van der Waals surface area (Å²) < 4.78 is 18.2. The van der Waals surface area contributed by atoms with E-state index in [1.165, 1.54) is 12.1 Å². The van der Waals surface area contributed by atoms with Crippen molar-refractivity contribution in [3.8, 4) is 0 Å². The van der Waals surface area contributed by atoms with Crippen molar-refractivity contribution in [3.05, 3.63) is 41.3 Å². The van der Waals surface area contributed by atoms with Gasteiger partial charge < -0.3 is 9.84 Å². The van der Waals surface area contributed by atoms with Gasteiger partial charge in [-0.25, -0.2) is 4.39 Å². The highest BCUT2D eigenvalue weighted by molar-refractivity contribution is 6.02. The van der Waals surface area contributed by atoms with E-state index in [1.54, 1.807) is 13.0 Å². The fourth-order valence-corrected chi connectivity index (χ4v) is 2.04. The average molecular weight is 262 g/mol. The molecule has 1 aliphatic rings. The lowest BCUT2D eigenvalue weighted by Crippen LogP contribution is -2.27. The van der Waals surface area contributed by atoms with Crippen LogP contribution in [0.2, 0.25) is 0 Å². The van der Waals surface area contributed by atoms with Crippen molar-refractivity contribution in [3.63, 3.8) is 0 Å². The first-order valence-corrected chi connectivity index (χ1v) is 5.76. The smallest absolute Gasteiger partial charge is 0.246 e. The summed E-state index contributed by atoms with van der Waals surface area (Å²) in [5, 5.41) is 9.30. The molecule has 1 amide bonds. The predicted octanol–water partition coefficient (Wildman–Crippen LogP) is 1.30. The fourth-order valence-electron chi connectivity index (χ4n) is 2.04. The van der Waals surface area contributed by atoms with Gasteiger partial charge in [-0.15, -0.1) is 0 Å². The van der Waals surface area contributed by atoms with Crippen LogP contribution in [0.15, 0.2) is 22.7 Å². The molecule has 0 saturated heterocycles. The molecule has 2 heterocycles. The van der Waals surface area contributed by atoms with Crippen LogP contribution in [0.3, 0.4) is 0 Å². The van der Waals surface area contributed by atoms with Crippen LogP contribution in [0, 0.1) is 12.7 Å². The Bertz CT molecular complexity index is 640. The van der Waals surface area contributed by atoms with Crippen LogP contribution in [0.25, 0.3) is 0 Å². The molecule has 1 atom stereocenters. The average Bonchev–Trinajstić information content (AvgIpc) is 2.90. The van der Waals surface area contributed by atoms with E-state index in [1.807, 2.05) is 0 Å². The molecular weight excluding hydrogens is 251 g/mol. The van der Waals surface area contributed by atoms with Crippen LogP contribution in [0.1, 0.15) is 23.3 Å². The van der Waals surface area contributed by atoms with Crippen LogP contribution in [0.4, 0.5) is 10.1 Å². The Morgan fingerprint density at radius 3 is 3.11 bits per heavy atom. The second kappa shape index (κ2) is 4.43. The van der Waals surface area contributed by atoms with Crippen molar-refractivity contribution < 1.29 is 13.7 Å². The van der Waals surface area contributed by atoms with Gasteiger partial charge in [0, 0.05) is 11.3 Å². The summed E-state index contributed by atoms with van der Waals surface area (Å²) in [6.45, 7) is 1.95. The number of nitrogens with zero attached hydrogens (tertiary/aromatic N) is 2. The standard InChI is InChI=1S/C12H11FN4O2/c1-6-15-10(19-17-6)5-14-11-8-4-7(13)2-3-9(8)16-12(11)18/h2-4,11,14H,5H2,1H3,(H,16,18). The largest absolute Gasteiger partial charge is 0.338 e. The van der Waals surface area contributed by atoms with Gasteiger partial charge in [-0.1, -0.05) is 5.16 Å². The van der Waals surface area contributed by atoms with Gasteiger partial charge in [-0.3, -0.25) is 10.1 Å². The Kier molecular flexibility index (Phi) is 2.75. The molecule has 1 aromatic heterocycles. The molecule has 1 unspecified atom stereocenters. The normalized spacial score (nSPS) is 17.4. The van der Waals surface area contributed by atoms with Gasteiger partial charge >= 0.3 is 0 Å². The molecule has 0 saturated carbocycles. The van der Waals surface area contributed by atoms with Crippen molar-refractivity contribution in [2.45, 2.75) is 19.5 Å². The number of benzene rings is 1. The van der Waals surface area contributed by atoms with Crippen LogP contribution in [-0.4, -0.2) is 16.0 Å². The highest BCUT2D eigenvalue weighted by Gasteiger charge is 2.30. The van der Waals surface area contributed by atoms with Crippen LogP contribution >= 0.6 is 0 Å². The number of halogens is 1. The number of carbonyl (C=O) groups is 1. The van der Waals surface area contributed by atoms with Gasteiger partial charge in [0.25, 0.3) is 0 Å². The number of aromatic nitrogens is 2. The fraction of sp³-hybridized carbons (Fsp3) is 0.250. The van der Waals surface area contributed by atoms with Crippen molar-refractivity contribution in [2.75, 3.05) is 5.32 Å². The van der Waals surface area contributed by atoms with E-state index >= 15 is 0 Å². The Labute approximate surface area is 108 Å². The van der Waals surface area contributed by atoms with E-state index in [0.29, 0.717) is 23.0 Å². The first kappa shape index (κ1) is 11.8. The minimum Gasteiger partial charge on any atom is -0.338 e. The zero-order valence-corrected chi connectivity index (χ0v) is 10.1. The lowest BCUT2D eigenvalue weighted by Gasteiger charge is -2.09. The third-order valence-corrected chi connectivity index (χ3v) is 2.87. The zero-order valence-electron chi connectivity index (χ0n) is 10.1. The third-order valence-electron chi connectivity index (χ3n) is 2.87. The van der Waals surface area contributed by atoms with Crippen LogP contribution in [0.5, 0.6) is 0 Å². The summed E-state index contributed by atoms with van der Waals surface area (Å²) in [6.07, 6.45) is 0. The Morgan fingerprint density at radius 1 is 1.53 bits per heavy atom. The van der Waals surface area contributed by atoms with Gasteiger partial charge in [0.2, 0.25) is 11.8 Å². The minimum absolute atomic E-state index is 0.225. The minimum atomic E-state index is -0.613. The molecule has 6 nitrogen and oxygen atoms in total. The van der Waals surface area contributed by atoms with E-state index < -0.39 is 6.04 Å². The first-order valence-electron chi connectivity index (χ1n) is 5.76. The van der Waals surface area contributed by atoms with Gasteiger partial charge in [0.15, 0.2) is 5.82 Å². The lowest BCUT2D eigenvalue weighted by molar-refractivity contribution is -0.117. The number of rotatable bonds is 3. The molecule has 7 heteroatoms. The SMILES string of the molecule is Cc1noc(CNC2C(=O)Nc3ccc(F)cc32)n1. The number of carbonyl (C=O) groups excluding carboxylic acids is 1. The molecule has 3 rings (SSSR count). The number of fused-ring (bicyclic) bond motifs is 1. The van der Waals surface area contributed by atoms with Crippen LogP contribution < -0.4 is 10.6 Å². The molecular formula is C12H11FN4O2. The molecule has 98 valence electrons. The number of anilines is 1. The maximum atomic E-state index is 13.2. The highest BCUT2D eigenvalue weighted by Crippen LogP contribution is 2.31. The Balaban J connectivity index is 1.78. The second-order valence-electron chi connectivity index (χ2n) is 4.27. The Morgan fingerprint density at radius 2 is 2.37 bits per heavy atom. The van der Waals surface area contributed by atoms with Crippen LogP contribution in [-0.2, 0) is 11.3 Å². The van der Waals surface area contributed by atoms with E-state index in [2.05, 4.69) is 20.8 Å². The number of hydrogen-bond donors (Lipinski definition) is 2. The van der Waals surface area contributed by atoms with E-state index in [9.17, 15) is 9.18 Å². The highest BCUT2D eigenvalue weighted by atomic mass is 19.1. The third kappa shape index (κ3) is 2.19. The quantitative estimate of drug-likeness (QED) is 0.871. The van der Waals surface area contributed by atoms with Crippen molar-refractivity contribution in [1.29, 1.82) is 0 Å². The lowest BCUT2D eigenvalue weighted by atomic mass is 10.1. The van der Waals surface area contributed by atoms with Crippen molar-refractivity contribution in [1.82, 2.24) is 15.5 Å². The molecule has 2 N–H and O–H groups in total. The molecule has 1 aromatic carbocycles. The summed E-state index contributed by atoms with van der Waals surface area (Å²) in [6, 6.07) is 3.58. The first-order chi connectivity index (χ1) is 9.13. The van der Waals surface area contributed by atoms with Gasteiger partial charge in [0.05, 0.1) is 6.54 Å². The Hall–Kier alpha value is -2.28. The number of nitrogens with one attached hydrogen (secondary N) is 2. The molecule has 19 heavy (non-hydrogen) atoms. The van der Waals surface area contributed by atoms with Gasteiger partial charge in [-0.2, -0.15) is 4.98 Å². The molecule has 0 spiro atoms. The maximum Gasteiger partial charge on any atom is 0.246 e.